The van der Waals surface area contributed by atoms with Crippen molar-refractivity contribution in [2.45, 2.75) is 0 Å². The van der Waals surface area contributed by atoms with Crippen LogP contribution in [0.15, 0.2) is 48.7 Å². The number of methoxy groups -OCH3 is 1. The molecule has 4 nitrogen and oxygen atoms in total. The number of aromatic nitrogens is 1. The summed E-state index contributed by atoms with van der Waals surface area (Å²) in [6.07, 6.45) is 1.85. The second-order valence-corrected chi connectivity index (χ2v) is 4.57. The maximum absolute atomic E-state index is 9.25. The monoisotopic (exact) mass is 264 g/mol. The van der Waals surface area contributed by atoms with E-state index in [1.54, 1.807) is 7.11 Å². The van der Waals surface area contributed by atoms with Crippen molar-refractivity contribution in [3.05, 3.63) is 54.2 Å². The molecule has 98 valence electrons. The molecule has 0 spiro atoms. The van der Waals surface area contributed by atoms with Crippen molar-refractivity contribution in [2.24, 2.45) is 0 Å². The van der Waals surface area contributed by atoms with Gasteiger partial charge in [0, 0.05) is 23.3 Å². The third-order valence-electron chi connectivity index (χ3n) is 3.34. The number of fused-ring (bicyclic) bond motifs is 1. The van der Waals surface area contributed by atoms with Crippen LogP contribution in [0.5, 0.6) is 5.75 Å². The maximum Gasteiger partial charge on any atom is 0.130 e. The summed E-state index contributed by atoms with van der Waals surface area (Å²) in [6.45, 7) is 0. The number of benzene rings is 2. The molecule has 0 amide bonds. The highest BCUT2D eigenvalue weighted by molar-refractivity contribution is 5.89. The SMILES string of the molecule is COc1ccc(-n2cc(C#N)c3ccc([NH3+])cc32)cc1. The summed E-state index contributed by atoms with van der Waals surface area (Å²) in [4.78, 5) is 0. The Bertz CT molecular complexity index is 810. The molecule has 0 saturated carbocycles. The van der Waals surface area contributed by atoms with Gasteiger partial charge in [-0.05, 0) is 36.4 Å². The molecule has 0 aliphatic carbocycles. The lowest BCUT2D eigenvalue weighted by molar-refractivity contribution is -0.254. The molecule has 0 aliphatic rings. The smallest absolute Gasteiger partial charge is 0.130 e. The van der Waals surface area contributed by atoms with E-state index in [9.17, 15) is 5.26 Å². The summed E-state index contributed by atoms with van der Waals surface area (Å²) < 4.78 is 7.17. The quantitative estimate of drug-likeness (QED) is 0.772. The predicted molar refractivity (Wildman–Crippen MR) is 77.1 cm³/mol. The molecule has 0 radical (unpaired) electrons. The number of quaternary nitrogens is 1. The van der Waals surface area contributed by atoms with Crippen molar-refractivity contribution in [1.82, 2.24) is 4.57 Å². The molecule has 0 fully saturated rings. The first kappa shape index (κ1) is 12.3. The normalized spacial score (nSPS) is 10.4. The van der Waals surface area contributed by atoms with Gasteiger partial charge in [-0.15, -0.1) is 0 Å². The van der Waals surface area contributed by atoms with E-state index in [4.69, 9.17) is 4.74 Å². The van der Waals surface area contributed by atoms with Gasteiger partial charge in [-0.2, -0.15) is 5.26 Å². The van der Waals surface area contributed by atoms with E-state index in [0.29, 0.717) is 5.56 Å². The van der Waals surface area contributed by atoms with Crippen molar-refractivity contribution < 1.29 is 10.5 Å². The topological polar surface area (TPSA) is 65.6 Å². The lowest BCUT2D eigenvalue weighted by Crippen LogP contribution is -2.39. The fourth-order valence-corrected chi connectivity index (χ4v) is 2.32. The van der Waals surface area contributed by atoms with Crippen LogP contribution in [-0.2, 0) is 0 Å². The van der Waals surface area contributed by atoms with E-state index >= 15 is 0 Å². The second kappa shape index (κ2) is 4.72. The molecule has 3 N–H and O–H groups in total. The lowest BCUT2D eigenvalue weighted by atomic mass is 10.2. The first-order valence-electron chi connectivity index (χ1n) is 6.24. The van der Waals surface area contributed by atoms with E-state index in [2.05, 4.69) is 11.8 Å². The van der Waals surface area contributed by atoms with Gasteiger partial charge in [0.2, 0.25) is 0 Å². The predicted octanol–water partition coefficient (Wildman–Crippen LogP) is 2.38. The van der Waals surface area contributed by atoms with Gasteiger partial charge in [0.1, 0.15) is 17.5 Å². The standard InChI is InChI=1S/C16H13N3O/c1-20-14-5-3-13(4-6-14)19-10-11(9-17)15-7-2-12(18)8-16(15)19/h2-8,10H,18H2,1H3/p+1. The minimum absolute atomic E-state index is 0.663. The third kappa shape index (κ3) is 1.91. The molecule has 0 atom stereocenters. The number of nitrogens with zero attached hydrogens (tertiary/aromatic N) is 2. The molecule has 0 saturated heterocycles. The van der Waals surface area contributed by atoms with E-state index < -0.39 is 0 Å². The van der Waals surface area contributed by atoms with Gasteiger partial charge < -0.3 is 15.0 Å². The Morgan fingerprint density at radius 2 is 1.90 bits per heavy atom. The molecule has 3 aromatic rings. The third-order valence-corrected chi connectivity index (χ3v) is 3.34. The van der Waals surface area contributed by atoms with Gasteiger partial charge in [0.05, 0.1) is 18.2 Å². The summed E-state index contributed by atoms with van der Waals surface area (Å²) in [7, 11) is 1.64. The average Bonchev–Trinajstić information content (AvgIpc) is 2.85. The number of rotatable bonds is 2. The van der Waals surface area contributed by atoms with Crippen LogP contribution in [0.4, 0.5) is 5.69 Å². The fourth-order valence-electron chi connectivity index (χ4n) is 2.32. The largest absolute Gasteiger partial charge is 0.497 e. The van der Waals surface area contributed by atoms with Crippen LogP contribution < -0.4 is 10.5 Å². The zero-order valence-corrected chi connectivity index (χ0v) is 11.1. The van der Waals surface area contributed by atoms with Gasteiger partial charge in [-0.25, -0.2) is 0 Å². The molecule has 4 heteroatoms. The maximum atomic E-state index is 9.25. The summed E-state index contributed by atoms with van der Waals surface area (Å²) >= 11 is 0. The Balaban J connectivity index is 2.24. The van der Waals surface area contributed by atoms with Crippen LogP contribution in [0.2, 0.25) is 0 Å². The van der Waals surface area contributed by atoms with Gasteiger partial charge in [-0.3, -0.25) is 0 Å². The van der Waals surface area contributed by atoms with Crippen LogP contribution in [-0.4, -0.2) is 11.7 Å². The summed E-state index contributed by atoms with van der Waals surface area (Å²) in [5.41, 5.74) is 7.51. The van der Waals surface area contributed by atoms with Gasteiger partial charge in [-0.1, -0.05) is 0 Å². The molecule has 1 aromatic heterocycles. The Labute approximate surface area is 116 Å². The van der Waals surface area contributed by atoms with Crippen LogP contribution in [0.3, 0.4) is 0 Å². The van der Waals surface area contributed by atoms with Crippen molar-refractivity contribution >= 4 is 16.6 Å². The Morgan fingerprint density at radius 1 is 1.15 bits per heavy atom. The molecule has 20 heavy (non-hydrogen) atoms. The molecule has 0 aliphatic heterocycles. The average molecular weight is 264 g/mol. The molecule has 2 aromatic carbocycles. The van der Waals surface area contributed by atoms with Gasteiger partial charge >= 0.3 is 0 Å². The Kier molecular flexibility index (Phi) is 2.90. The first-order valence-corrected chi connectivity index (χ1v) is 6.24. The zero-order valence-electron chi connectivity index (χ0n) is 11.1. The van der Waals surface area contributed by atoms with Crippen molar-refractivity contribution in [3.63, 3.8) is 0 Å². The summed E-state index contributed by atoms with van der Waals surface area (Å²) in [6, 6.07) is 15.8. The van der Waals surface area contributed by atoms with Crippen LogP contribution in [0, 0.1) is 11.3 Å². The van der Waals surface area contributed by atoms with Crippen LogP contribution in [0.1, 0.15) is 5.56 Å². The Hall–Kier alpha value is -2.77. The van der Waals surface area contributed by atoms with Crippen molar-refractivity contribution in [2.75, 3.05) is 7.11 Å². The highest BCUT2D eigenvalue weighted by Crippen LogP contribution is 2.26. The molecule has 0 unspecified atom stereocenters. The van der Waals surface area contributed by atoms with Crippen molar-refractivity contribution in [3.8, 4) is 17.5 Å². The number of hydrogen-bond donors (Lipinski definition) is 1. The number of nitriles is 1. The van der Waals surface area contributed by atoms with Crippen LogP contribution in [0.25, 0.3) is 16.6 Å². The molecular formula is C16H14N3O+. The van der Waals surface area contributed by atoms with Gasteiger partial charge in [0.15, 0.2) is 0 Å². The Morgan fingerprint density at radius 3 is 2.55 bits per heavy atom. The highest BCUT2D eigenvalue weighted by Gasteiger charge is 2.10. The molecule has 1 heterocycles. The second-order valence-electron chi connectivity index (χ2n) is 4.57. The number of hydrogen-bond acceptors (Lipinski definition) is 2. The first-order chi connectivity index (χ1) is 9.72. The summed E-state index contributed by atoms with van der Waals surface area (Å²) in [5.74, 6) is 0.809. The van der Waals surface area contributed by atoms with E-state index in [1.807, 2.05) is 53.2 Å². The van der Waals surface area contributed by atoms with Crippen molar-refractivity contribution in [1.29, 1.82) is 5.26 Å². The number of ether oxygens (including phenoxy) is 1. The molecular weight excluding hydrogens is 250 g/mol. The zero-order chi connectivity index (χ0) is 14.1. The van der Waals surface area contributed by atoms with Crippen LogP contribution >= 0.6 is 0 Å². The minimum atomic E-state index is 0.663. The van der Waals surface area contributed by atoms with Gasteiger partial charge in [0.25, 0.3) is 0 Å². The molecule has 3 rings (SSSR count). The molecule has 0 bridgehead atoms. The fraction of sp³-hybridized carbons (Fsp3) is 0.0625. The van der Waals surface area contributed by atoms with E-state index in [-0.39, 0.29) is 0 Å². The summed E-state index contributed by atoms with van der Waals surface area (Å²) in [5, 5.41) is 10.2. The lowest BCUT2D eigenvalue weighted by Gasteiger charge is -2.06. The van der Waals surface area contributed by atoms with E-state index in [0.717, 1.165) is 28.0 Å². The highest BCUT2D eigenvalue weighted by atomic mass is 16.5. The minimum Gasteiger partial charge on any atom is -0.497 e. The van der Waals surface area contributed by atoms with E-state index in [1.165, 1.54) is 0 Å².